The summed E-state index contributed by atoms with van der Waals surface area (Å²) in [6.07, 6.45) is 4.94. The van der Waals surface area contributed by atoms with Crippen molar-refractivity contribution in [2.75, 3.05) is 18.4 Å². The maximum atomic E-state index is 12.2. The van der Waals surface area contributed by atoms with Crippen LogP contribution in [0.25, 0.3) is 5.69 Å². The molecule has 0 atom stereocenters. The van der Waals surface area contributed by atoms with Crippen molar-refractivity contribution in [2.45, 2.75) is 12.8 Å². The Morgan fingerprint density at radius 3 is 2.22 bits per heavy atom. The van der Waals surface area contributed by atoms with Gasteiger partial charge in [0.2, 0.25) is 0 Å². The Morgan fingerprint density at radius 1 is 1.04 bits per heavy atom. The smallest absolute Gasteiger partial charge is 0.321 e. The van der Waals surface area contributed by atoms with Gasteiger partial charge in [0.15, 0.2) is 0 Å². The molecule has 2 amide bonds. The van der Waals surface area contributed by atoms with Crippen LogP contribution in [-0.4, -0.2) is 39.7 Å². The zero-order valence-corrected chi connectivity index (χ0v) is 12.7. The molecular formula is C17H19N3O3. The molecule has 23 heavy (non-hydrogen) atoms. The first-order chi connectivity index (χ1) is 11.1. The van der Waals surface area contributed by atoms with Gasteiger partial charge in [-0.1, -0.05) is 0 Å². The summed E-state index contributed by atoms with van der Waals surface area (Å²) in [5.74, 6) is -1.11. The van der Waals surface area contributed by atoms with Crippen molar-refractivity contribution in [3.05, 3.63) is 48.8 Å². The summed E-state index contributed by atoms with van der Waals surface area (Å²) in [5.41, 5.74) is 1.75. The highest BCUT2D eigenvalue weighted by molar-refractivity contribution is 5.89. The molecule has 0 aliphatic carbocycles. The van der Waals surface area contributed by atoms with E-state index >= 15 is 0 Å². The minimum absolute atomic E-state index is 0.178. The zero-order valence-electron chi connectivity index (χ0n) is 12.7. The molecule has 0 saturated carbocycles. The van der Waals surface area contributed by atoms with Crippen molar-refractivity contribution in [2.24, 2.45) is 5.92 Å². The molecule has 2 N–H and O–H groups in total. The SMILES string of the molecule is O=C(O)C1CCN(C(=O)Nc2ccc(-n3cccc3)cc2)CC1. The molecule has 3 rings (SSSR count). The average Bonchev–Trinajstić information content (AvgIpc) is 3.10. The molecule has 2 aromatic rings. The number of amides is 2. The van der Waals surface area contributed by atoms with Crippen molar-refractivity contribution in [1.29, 1.82) is 0 Å². The van der Waals surface area contributed by atoms with Crippen LogP contribution in [0.1, 0.15) is 12.8 Å². The number of carboxylic acids is 1. The van der Waals surface area contributed by atoms with Crippen LogP contribution in [0, 0.1) is 5.92 Å². The van der Waals surface area contributed by atoms with Gasteiger partial charge in [-0.05, 0) is 49.2 Å². The maximum Gasteiger partial charge on any atom is 0.321 e. The Labute approximate surface area is 134 Å². The summed E-state index contributed by atoms with van der Waals surface area (Å²) in [6.45, 7) is 0.953. The molecule has 1 aliphatic rings. The Kier molecular flexibility index (Phi) is 4.32. The van der Waals surface area contributed by atoms with Gasteiger partial charge in [0.1, 0.15) is 0 Å². The van der Waals surface area contributed by atoms with Crippen LogP contribution in [-0.2, 0) is 4.79 Å². The molecule has 0 unspecified atom stereocenters. The number of urea groups is 1. The van der Waals surface area contributed by atoms with E-state index in [0.29, 0.717) is 25.9 Å². The molecule has 0 radical (unpaired) electrons. The van der Waals surface area contributed by atoms with Gasteiger partial charge in [0, 0.05) is 36.9 Å². The molecule has 0 spiro atoms. The largest absolute Gasteiger partial charge is 0.481 e. The third-order valence-corrected chi connectivity index (χ3v) is 4.15. The minimum Gasteiger partial charge on any atom is -0.481 e. The quantitative estimate of drug-likeness (QED) is 0.915. The van der Waals surface area contributed by atoms with Crippen LogP contribution < -0.4 is 5.32 Å². The van der Waals surface area contributed by atoms with Crippen LogP contribution in [0.3, 0.4) is 0 Å². The maximum absolute atomic E-state index is 12.2. The first-order valence-electron chi connectivity index (χ1n) is 7.65. The van der Waals surface area contributed by atoms with Gasteiger partial charge in [0.25, 0.3) is 0 Å². The second-order valence-electron chi connectivity index (χ2n) is 5.67. The second-order valence-corrected chi connectivity index (χ2v) is 5.67. The number of anilines is 1. The van der Waals surface area contributed by atoms with E-state index in [1.165, 1.54) is 0 Å². The van der Waals surface area contributed by atoms with Crippen molar-refractivity contribution in [3.63, 3.8) is 0 Å². The molecule has 2 heterocycles. The van der Waals surface area contributed by atoms with Crippen molar-refractivity contribution in [1.82, 2.24) is 9.47 Å². The molecule has 0 bridgehead atoms. The number of aliphatic carboxylic acids is 1. The molecule has 120 valence electrons. The fourth-order valence-corrected chi connectivity index (χ4v) is 2.76. The van der Waals surface area contributed by atoms with Crippen LogP contribution >= 0.6 is 0 Å². The van der Waals surface area contributed by atoms with Gasteiger partial charge in [-0.3, -0.25) is 4.79 Å². The standard InChI is InChI=1S/C17H19N3O3/c21-16(22)13-7-11-20(12-8-13)17(23)18-14-3-5-15(6-4-14)19-9-1-2-10-19/h1-6,9-10,13H,7-8,11-12H2,(H,18,23)(H,21,22). The Hall–Kier alpha value is -2.76. The zero-order chi connectivity index (χ0) is 16.2. The number of nitrogens with zero attached hydrogens (tertiary/aromatic N) is 2. The number of carbonyl (C=O) groups is 2. The van der Waals surface area contributed by atoms with E-state index in [0.717, 1.165) is 11.4 Å². The third kappa shape index (κ3) is 3.53. The number of piperidine rings is 1. The van der Waals surface area contributed by atoms with E-state index in [-0.39, 0.29) is 11.9 Å². The summed E-state index contributed by atoms with van der Waals surface area (Å²) in [7, 11) is 0. The van der Waals surface area contributed by atoms with Crippen LogP contribution in [0.2, 0.25) is 0 Å². The van der Waals surface area contributed by atoms with Crippen molar-refractivity contribution in [3.8, 4) is 5.69 Å². The first-order valence-corrected chi connectivity index (χ1v) is 7.65. The average molecular weight is 313 g/mol. The van der Waals surface area contributed by atoms with Crippen LogP contribution in [0.5, 0.6) is 0 Å². The summed E-state index contributed by atoms with van der Waals surface area (Å²) >= 11 is 0. The number of likely N-dealkylation sites (tertiary alicyclic amines) is 1. The van der Waals surface area contributed by atoms with E-state index in [1.807, 2.05) is 53.4 Å². The number of carbonyl (C=O) groups excluding carboxylic acids is 1. The molecule has 1 aromatic carbocycles. The number of benzene rings is 1. The molecule has 1 saturated heterocycles. The lowest BCUT2D eigenvalue weighted by atomic mass is 9.97. The van der Waals surface area contributed by atoms with Crippen LogP contribution in [0.15, 0.2) is 48.8 Å². The summed E-state index contributed by atoms with van der Waals surface area (Å²) in [5, 5.41) is 11.8. The summed E-state index contributed by atoms with van der Waals surface area (Å²) in [6, 6.07) is 11.3. The second kappa shape index (κ2) is 6.56. The molecule has 6 heteroatoms. The molecule has 1 fully saturated rings. The fourth-order valence-electron chi connectivity index (χ4n) is 2.76. The van der Waals surface area contributed by atoms with Crippen molar-refractivity contribution >= 4 is 17.7 Å². The van der Waals surface area contributed by atoms with Gasteiger partial charge in [0.05, 0.1) is 5.92 Å². The van der Waals surface area contributed by atoms with E-state index in [9.17, 15) is 9.59 Å². The number of rotatable bonds is 3. The van der Waals surface area contributed by atoms with E-state index in [4.69, 9.17) is 5.11 Å². The lowest BCUT2D eigenvalue weighted by Gasteiger charge is -2.30. The Balaban J connectivity index is 1.57. The summed E-state index contributed by atoms with van der Waals surface area (Å²) in [4.78, 5) is 24.8. The van der Waals surface area contributed by atoms with E-state index < -0.39 is 5.97 Å². The highest BCUT2D eigenvalue weighted by Gasteiger charge is 2.26. The Morgan fingerprint density at radius 2 is 1.65 bits per heavy atom. The molecular weight excluding hydrogens is 294 g/mol. The monoisotopic (exact) mass is 313 g/mol. The molecule has 1 aliphatic heterocycles. The van der Waals surface area contributed by atoms with Gasteiger partial charge >= 0.3 is 12.0 Å². The van der Waals surface area contributed by atoms with Gasteiger partial charge in [-0.15, -0.1) is 0 Å². The fraction of sp³-hybridized carbons (Fsp3) is 0.294. The lowest BCUT2D eigenvalue weighted by Crippen LogP contribution is -2.42. The Bertz CT molecular complexity index is 672. The van der Waals surface area contributed by atoms with Gasteiger partial charge < -0.3 is 19.9 Å². The lowest BCUT2D eigenvalue weighted by molar-refractivity contribution is -0.143. The number of aromatic nitrogens is 1. The van der Waals surface area contributed by atoms with Crippen LogP contribution in [0.4, 0.5) is 10.5 Å². The number of carboxylic acid groups (broad SMARTS) is 1. The van der Waals surface area contributed by atoms with E-state index in [2.05, 4.69) is 5.32 Å². The summed E-state index contributed by atoms with van der Waals surface area (Å²) < 4.78 is 1.99. The first kappa shape index (κ1) is 15.1. The topological polar surface area (TPSA) is 74.6 Å². The number of hydrogen-bond donors (Lipinski definition) is 2. The number of nitrogens with one attached hydrogen (secondary N) is 1. The molecule has 1 aromatic heterocycles. The van der Waals surface area contributed by atoms with Gasteiger partial charge in [-0.2, -0.15) is 0 Å². The normalized spacial score (nSPS) is 15.4. The molecule has 6 nitrogen and oxygen atoms in total. The minimum atomic E-state index is -0.773. The van der Waals surface area contributed by atoms with Crippen molar-refractivity contribution < 1.29 is 14.7 Å². The predicted octanol–water partition coefficient (Wildman–Crippen LogP) is 2.81. The highest BCUT2D eigenvalue weighted by Crippen LogP contribution is 2.19. The van der Waals surface area contributed by atoms with Gasteiger partial charge in [-0.25, -0.2) is 4.79 Å². The third-order valence-electron chi connectivity index (χ3n) is 4.15. The number of hydrogen-bond acceptors (Lipinski definition) is 2. The predicted molar refractivity (Wildman–Crippen MR) is 86.7 cm³/mol. The highest BCUT2D eigenvalue weighted by atomic mass is 16.4. The van der Waals surface area contributed by atoms with E-state index in [1.54, 1.807) is 4.90 Å².